The Kier molecular flexibility index (Phi) is 8.52. The summed E-state index contributed by atoms with van der Waals surface area (Å²) in [5, 5.41) is 2.64. The van der Waals surface area contributed by atoms with Crippen molar-refractivity contribution in [2.45, 2.75) is 62.6 Å². The van der Waals surface area contributed by atoms with Crippen LogP contribution in [0.2, 0.25) is 0 Å². The first-order chi connectivity index (χ1) is 20.8. The Balaban J connectivity index is 1.51. The standard InChI is InChI=1S/C31H28F6N2O5/c1-19(21-14-23(30(32,33)34)16-24(15-21)31(35,36)37)43-18-29(22-10-6-3-7-11-22)13-12-25-26(38-27(40)44-25)39(29)28(41)42-17-20-8-4-2-5-9-20/h2-11,14-16,19,25-26H,12-13,17-18H2,1H3,(H,38,40)/t19-,25?,26?,29-/m1/s1. The van der Waals surface area contributed by atoms with Gasteiger partial charge in [-0.1, -0.05) is 60.7 Å². The first kappa shape index (κ1) is 31.2. The fourth-order valence-corrected chi connectivity index (χ4v) is 5.57. The number of likely N-dealkylation sites (tertiary alicyclic amines) is 1. The maximum absolute atomic E-state index is 13.8. The van der Waals surface area contributed by atoms with Crippen LogP contribution >= 0.6 is 0 Å². The van der Waals surface area contributed by atoms with Crippen LogP contribution in [0.1, 0.15) is 53.7 Å². The molecule has 2 fully saturated rings. The zero-order chi connectivity index (χ0) is 31.7. The van der Waals surface area contributed by atoms with E-state index in [1.807, 2.05) is 0 Å². The molecule has 2 heterocycles. The first-order valence-electron chi connectivity index (χ1n) is 13.7. The summed E-state index contributed by atoms with van der Waals surface area (Å²) >= 11 is 0. The maximum atomic E-state index is 13.8. The number of nitrogens with zero attached hydrogens (tertiary/aromatic N) is 1. The summed E-state index contributed by atoms with van der Waals surface area (Å²) in [6, 6.07) is 18.7. The fourth-order valence-electron chi connectivity index (χ4n) is 5.57. The van der Waals surface area contributed by atoms with Crippen molar-refractivity contribution in [3.8, 4) is 0 Å². The summed E-state index contributed by atoms with van der Waals surface area (Å²) in [5.41, 5.74) is -3.37. The molecule has 2 amide bonds. The van der Waals surface area contributed by atoms with Crippen LogP contribution in [0, 0.1) is 0 Å². The van der Waals surface area contributed by atoms with Crippen LogP contribution in [0.15, 0.2) is 78.9 Å². The van der Waals surface area contributed by atoms with Gasteiger partial charge in [0.1, 0.15) is 18.9 Å². The van der Waals surface area contributed by atoms with E-state index in [9.17, 15) is 35.9 Å². The topological polar surface area (TPSA) is 77.1 Å². The van der Waals surface area contributed by atoms with Crippen LogP contribution in [0.5, 0.6) is 0 Å². The molecule has 5 rings (SSSR count). The SMILES string of the molecule is C[C@@H](OC[C@@]1(c2ccccc2)CCC2OC(=O)NC2N1C(=O)OCc1ccccc1)c1cc(C(F)(F)F)cc(C(F)(F)F)c1. The Hall–Kier alpha value is -4.26. The Bertz CT molecular complexity index is 1450. The predicted octanol–water partition coefficient (Wildman–Crippen LogP) is 7.56. The Labute approximate surface area is 248 Å². The van der Waals surface area contributed by atoms with Crippen LogP contribution in [0.4, 0.5) is 35.9 Å². The van der Waals surface area contributed by atoms with Gasteiger partial charge in [-0.3, -0.25) is 10.2 Å². The number of hydrogen-bond donors (Lipinski definition) is 1. The summed E-state index contributed by atoms with van der Waals surface area (Å²) in [6.07, 6.45) is -14.1. The molecule has 4 atom stereocenters. The minimum Gasteiger partial charge on any atom is -0.444 e. The summed E-state index contributed by atoms with van der Waals surface area (Å²) in [5.74, 6) is 0. The molecule has 3 aromatic rings. The van der Waals surface area contributed by atoms with Crippen molar-refractivity contribution in [1.82, 2.24) is 10.2 Å². The lowest BCUT2D eigenvalue weighted by atomic mass is 9.79. The third kappa shape index (κ3) is 6.47. The van der Waals surface area contributed by atoms with Gasteiger partial charge in [-0.2, -0.15) is 26.3 Å². The van der Waals surface area contributed by atoms with Crippen molar-refractivity contribution in [3.63, 3.8) is 0 Å². The molecule has 2 aliphatic rings. The highest BCUT2D eigenvalue weighted by Gasteiger charge is 2.56. The van der Waals surface area contributed by atoms with Crippen LogP contribution in [-0.4, -0.2) is 36.0 Å². The van der Waals surface area contributed by atoms with Crippen molar-refractivity contribution >= 4 is 12.2 Å². The molecule has 7 nitrogen and oxygen atoms in total. The van der Waals surface area contributed by atoms with E-state index in [4.69, 9.17) is 14.2 Å². The Morgan fingerprint density at radius 2 is 1.57 bits per heavy atom. The van der Waals surface area contributed by atoms with E-state index < -0.39 is 59.6 Å². The second kappa shape index (κ2) is 12.0. The van der Waals surface area contributed by atoms with Gasteiger partial charge in [0.15, 0.2) is 0 Å². The van der Waals surface area contributed by atoms with Gasteiger partial charge >= 0.3 is 24.5 Å². The maximum Gasteiger partial charge on any atom is 0.416 e. The van der Waals surface area contributed by atoms with Crippen LogP contribution in [0.25, 0.3) is 0 Å². The molecule has 44 heavy (non-hydrogen) atoms. The number of amides is 2. The molecule has 234 valence electrons. The van der Waals surface area contributed by atoms with Crippen molar-refractivity contribution in [2.75, 3.05) is 6.61 Å². The van der Waals surface area contributed by atoms with E-state index in [0.29, 0.717) is 23.3 Å². The van der Waals surface area contributed by atoms with Crippen molar-refractivity contribution in [1.29, 1.82) is 0 Å². The van der Waals surface area contributed by atoms with E-state index in [1.54, 1.807) is 60.7 Å². The predicted molar refractivity (Wildman–Crippen MR) is 144 cm³/mol. The van der Waals surface area contributed by atoms with Crippen molar-refractivity contribution in [2.24, 2.45) is 0 Å². The average Bonchev–Trinajstić information content (AvgIpc) is 3.38. The number of alkyl carbamates (subject to hydrolysis) is 1. The number of rotatable bonds is 7. The van der Waals surface area contributed by atoms with Crippen LogP contribution < -0.4 is 5.32 Å². The van der Waals surface area contributed by atoms with Gasteiger partial charge in [0.2, 0.25) is 0 Å². The van der Waals surface area contributed by atoms with Crippen LogP contribution in [0.3, 0.4) is 0 Å². The molecule has 0 aliphatic carbocycles. The summed E-state index contributed by atoms with van der Waals surface area (Å²) in [6.45, 7) is 0.878. The van der Waals surface area contributed by atoms with Crippen molar-refractivity contribution < 1.29 is 50.1 Å². The lowest BCUT2D eigenvalue weighted by molar-refractivity contribution is -0.143. The second-order valence-corrected chi connectivity index (χ2v) is 10.7. The molecular formula is C31H28F6N2O5. The highest BCUT2D eigenvalue weighted by atomic mass is 19.4. The number of fused-ring (bicyclic) bond motifs is 1. The zero-order valence-electron chi connectivity index (χ0n) is 23.3. The Morgan fingerprint density at radius 1 is 0.977 bits per heavy atom. The average molecular weight is 623 g/mol. The number of carbonyl (C=O) groups excluding carboxylic acids is 2. The Morgan fingerprint density at radius 3 is 2.16 bits per heavy atom. The number of piperidine rings is 1. The van der Waals surface area contributed by atoms with Gasteiger partial charge in [0.25, 0.3) is 0 Å². The van der Waals surface area contributed by atoms with Gasteiger partial charge in [0.05, 0.1) is 29.4 Å². The molecule has 3 aromatic carbocycles. The highest BCUT2D eigenvalue weighted by Crippen LogP contribution is 2.44. The number of carbonyl (C=O) groups is 2. The zero-order valence-corrected chi connectivity index (χ0v) is 23.3. The third-order valence-electron chi connectivity index (χ3n) is 7.82. The molecule has 0 spiro atoms. The normalized spacial score (nSPS) is 22.5. The van der Waals surface area contributed by atoms with Gasteiger partial charge in [-0.05, 0) is 54.7 Å². The minimum absolute atomic E-state index is 0.0518. The van der Waals surface area contributed by atoms with E-state index >= 15 is 0 Å². The molecule has 1 N–H and O–H groups in total. The molecular weight excluding hydrogens is 594 g/mol. The van der Waals surface area contributed by atoms with Gasteiger partial charge in [0, 0.05) is 0 Å². The molecule has 0 radical (unpaired) electrons. The number of hydrogen-bond acceptors (Lipinski definition) is 5. The fraction of sp³-hybridized carbons (Fsp3) is 0.355. The van der Waals surface area contributed by atoms with E-state index in [0.717, 1.165) is 0 Å². The quantitative estimate of drug-likeness (QED) is 0.275. The molecule has 2 aliphatic heterocycles. The molecule has 2 saturated heterocycles. The smallest absolute Gasteiger partial charge is 0.416 e. The monoisotopic (exact) mass is 622 g/mol. The molecule has 0 saturated carbocycles. The minimum atomic E-state index is -5.03. The molecule has 13 heteroatoms. The van der Waals surface area contributed by atoms with Gasteiger partial charge < -0.3 is 14.2 Å². The van der Waals surface area contributed by atoms with Crippen LogP contribution in [-0.2, 0) is 38.7 Å². The van der Waals surface area contributed by atoms with Gasteiger partial charge in [-0.25, -0.2) is 9.59 Å². The first-order valence-corrected chi connectivity index (χ1v) is 13.7. The van der Waals surface area contributed by atoms with Crippen molar-refractivity contribution in [3.05, 3.63) is 107 Å². The number of benzene rings is 3. The summed E-state index contributed by atoms with van der Waals surface area (Å²) in [4.78, 5) is 27.4. The summed E-state index contributed by atoms with van der Waals surface area (Å²) in [7, 11) is 0. The van der Waals surface area contributed by atoms with Gasteiger partial charge in [-0.15, -0.1) is 0 Å². The number of alkyl halides is 6. The molecule has 0 aromatic heterocycles. The number of halogens is 6. The number of ether oxygens (including phenoxy) is 3. The lowest BCUT2D eigenvalue weighted by Crippen LogP contribution is -2.65. The molecule has 2 unspecified atom stereocenters. The second-order valence-electron chi connectivity index (χ2n) is 10.7. The number of nitrogens with one attached hydrogen (secondary N) is 1. The van der Waals surface area contributed by atoms with E-state index in [-0.39, 0.29) is 37.7 Å². The van der Waals surface area contributed by atoms with E-state index in [1.165, 1.54) is 11.8 Å². The highest BCUT2D eigenvalue weighted by molar-refractivity contribution is 5.75. The third-order valence-corrected chi connectivity index (χ3v) is 7.82. The van der Waals surface area contributed by atoms with E-state index in [2.05, 4.69) is 5.32 Å². The summed E-state index contributed by atoms with van der Waals surface area (Å²) < 4.78 is 98.3. The lowest BCUT2D eigenvalue weighted by Gasteiger charge is -2.50. The largest absolute Gasteiger partial charge is 0.444 e. The molecule has 0 bridgehead atoms.